The minimum Gasteiger partial charge on any atom is -0.332 e. The molecule has 112 valence electrons. The zero-order valence-electron chi connectivity index (χ0n) is 12.0. The molecule has 2 aromatic heterocycles. The fourth-order valence-corrected chi connectivity index (χ4v) is 2.93. The van der Waals surface area contributed by atoms with Crippen molar-refractivity contribution < 1.29 is 9.45 Å². The van der Waals surface area contributed by atoms with Crippen molar-refractivity contribution in [3.63, 3.8) is 0 Å². The van der Waals surface area contributed by atoms with Crippen molar-refractivity contribution in [2.75, 3.05) is 0 Å². The highest BCUT2D eigenvalue weighted by molar-refractivity contribution is 5.60. The molecule has 2 atom stereocenters. The predicted molar refractivity (Wildman–Crippen MR) is 73.5 cm³/mol. The van der Waals surface area contributed by atoms with E-state index in [-0.39, 0.29) is 23.2 Å². The maximum atomic E-state index is 11.0. The van der Waals surface area contributed by atoms with Crippen molar-refractivity contribution in [3.05, 3.63) is 22.1 Å². The van der Waals surface area contributed by atoms with Crippen LogP contribution in [0.2, 0.25) is 0 Å². The molecule has 0 radical (unpaired) electrons. The highest BCUT2D eigenvalue weighted by Crippen LogP contribution is 2.36. The molecule has 0 bridgehead atoms. The van der Waals surface area contributed by atoms with Gasteiger partial charge in [0.1, 0.15) is 6.20 Å². The fourth-order valence-electron chi connectivity index (χ4n) is 2.93. The molecule has 1 saturated carbocycles. The molecule has 1 aliphatic rings. The number of nitro groups is 1. The number of aryl methyl sites for hydroxylation is 1. The zero-order chi connectivity index (χ0) is 15.0. The van der Waals surface area contributed by atoms with Crippen molar-refractivity contribution in [2.45, 2.75) is 38.5 Å². The molecule has 3 rings (SSSR count). The van der Waals surface area contributed by atoms with Gasteiger partial charge in [-0.3, -0.25) is 14.8 Å². The van der Waals surface area contributed by atoms with Gasteiger partial charge in [-0.1, -0.05) is 24.9 Å². The van der Waals surface area contributed by atoms with E-state index in [0.717, 1.165) is 19.3 Å². The molecular weight excluding hydrogens is 274 g/mol. The molecule has 1 fully saturated rings. The third-order valence-corrected chi connectivity index (χ3v) is 3.95. The van der Waals surface area contributed by atoms with Gasteiger partial charge in [-0.2, -0.15) is 10.1 Å². The SMILES string of the molecule is C[C@H]1CCC[C@H](c2noc(-c3nn(C)cc3[N+](=O)[O-])n2)C1. The van der Waals surface area contributed by atoms with Crippen LogP contribution >= 0.6 is 0 Å². The lowest BCUT2D eigenvalue weighted by Gasteiger charge is -2.23. The van der Waals surface area contributed by atoms with E-state index >= 15 is 0 Å². The van der Waals surface area contributed by atoms with Crippen LogP contribution in [-0.4, -0.2) is 24.8 Å². The molecule has 2 heterocycles. The Morgan fingerprint density at radius 1 is 1.48 bits per heavy atom. The average molecular weight is 291 g/mol. The largest absolute Gasteiger partial charge is 0.332 e. The van der Waals surface area contributed by atoms with E-state index in [9.17, 15) is 10.1 Å². The summed E-state index contributed by atoms with van der Waals surface area (Å²) in [4.78, 5) is 14.9. The van der Waals surface area contributed by atoms with Crippen LogP contribution in [0.1, 0.15) is 44.3 Å². The second kappa shape index (κ2) is 5.27. The first kappa shape index (κ1) is 13.7. The minimum atomic E-state index is -0.491. The molecule has 1 aliphatic carbocycles. The first-order valence-corrected chi connectivity index (χ1v) is 7.06. The maximum Gasteiger partial charge on any atom is 0.320 e. The van der Waals surface area contributed by atoms with Crippen LogP contribution in [0.25, 0.3) is 11.6 Å². The van der Waals surface area contributed by atoms with Gasteiger partial charge in [0, 0.05) is 13.0 Å². The van der Waals surface area contributed by atoms with E-state index < -0.39 is 4.92 Å². The summed E-state index contributed by atoms with van der Waals surface area (Å²) in [7, 11) is 1.62. The number of rotatable bonds is 3. The Balaban J connectivity index is 1.90. The summed E-state index contributed by atoms with van der Waals surface area (Å²) in [6, 6.07) is 0. The lowest BCUT2D eigenvalue weighted by Crippen LogP contribution is -2.12. The van der Waals surface area contributed by atoms with Crippen molar-refractivity contribution in [1.82, 2.24) is 19.9 Å². The topological polar surface area (TPSA) is 99.9 Å². The van der Waals surface area contributed by atoms with Crippen molar-refractivity contribution in [1.29, 1.82) is 0 Å². The van der Waals surface area contributed by atoms with Crippen molar-refractivity contribution >= 4 is 5.69 Å². The number of aromatic nitrogens is 4. The van der Waals surface area contributed by atoms with Gasteiger partial charge >= 0.3 is 5.69 Å². The number of hydrogen-bond donors (Lipinski definition) is 0. The Labute approximate surface area is 121 Å². The standard InChI is InChI=1S/C13H17N5O3/c1-8-4-3-5-9(6-8)12-14-13(21-16-12)11-10(18(19)20)7-17(2)15-11/h7-9H,3-6H2,1-2H3/t8-,9-/m0/s1. The Morgan fingerprint density at radius 2 is 2.29 bits per heavy atom. The number of hydrogen-bond acceptors (Lipinski definition) is 6. The lowest BCUT2D eigenvalue weighted by molar-refractivity contribution is -0.384. The molecule has 0 N–H and O–H groups in total. The van der Waals surface area contributed by atoms with Gasteiger partial charge in [0.25, 0.3) is 5.89 Å². The van der Waals surface area contributed by atoms with Crippen LogP contribution in [-0.2, 0) is 7.05 Å². The second-order valence-corrected chi connectivity index (χ2v) is 5.72. The molecule has 0 unspecified atom stereocenters. The zero-order valence-corrected chi connectivity index (χ0v) is 12.0. The highest BCUT2D eigenvalue weighted by Gasteiger charge is 2.28. The van der Waals surface area contributed by atoms with E-state index in [0.29, 0.717) is 11.7 Å². The van der Waals surface area contributed by atoms with Gasteiger partial charge in [-0.25, -0.2) is 0 Å². The quantitative estimate of drug-likeness (QED) is 0.636. The summed E-state index contributed by atoms with van der Waals surface area (Å²) in [5.41, 5.74) is 0.00909. The van der Waals surface area contributed by atoms with E-state index in [1.54, 1.807) is 7.05 Å². The van der Waals surface area contributed by atoms with E-state index in [1.165, 1.54) is 17.3 Å². The lowest BCUT2D eigenvalue weighted by atomic mass is 9.82. The van der Waals surface area contributed by atoms with E-state index in [2.05, 4.69) is 22.2 Å². The first-order valence-electron chi connectivity index (χ1n) is 7.06. The molecule has 0 spiro atoms. The summed E-state index contributed by atoms with van der Waals surface area (Å²) in [5.74, 6) is 1.68. The van der Waals surface area contributed by atoms with Gasteiger partial charge in [-0.05, 0) is 18.8 Å². The minimum absolute atomic E-state index is 0.121. The highest BCUT2D eigenvalue weighted by atomic mass is 16.6. The summed E-state index contributed by atoms with van der Waals surface area (Å²) in [6.07, 6.45) is 5.78. The average Bonchev–Trinajstić information content (AvgIpc) is 3.04. The van der Waals surface area contributed by atoms with Gasteiger partial charge in [0.15, 0.2) is 5.82 Å². The fraction of sp³-hybridized carbons (Fsp3) is 0.615. The molecule has 0 saturated heterocycles. The smallest absolute Gasteiger partial charge is 0.320 e. The van der Waals surface area contributed by atoms with Crippen LogP contribution in [0.15, 0.2) is 10.7 Å². The number of nitrogens with zero attached hydrogens (tertiary/aromatic N) is 5. The van der Waals surface area contributed by atoms with Crippen LogP contribution in [0.3, 0.4) is 0 Å². The third-order valence-electron chi connectivity index (χ3n) is 3.95. The summed E-state index contributed by atoms with van der Waals surface area (Å²) < 4.78 is 6.58. The Morgan fingerprint density at radius 3 is 3.00 bits per heavy atom. The summed E-state index contributed by atoms with van der Waals surface area (Å²) >= 11 is 0. The molecular formula is C13H17N5O3. The predicted octanol–water partition coefficient (Wildman–Crippen LogP) is 2.67. The molecule has 0 aromatic carbocycles. The normalized spacial score (nSPS) is 22.4. The second-order valence-electron chi connectivity index (χ2n) is 5.72. The van der Waals surface area contributed by atoms with Crippen LogP contribution in [0, 0.1) is 16.0 Å². The van der Waals surface area contributed by atoms with Crippen LogP contribution < -0.4 is 0 Å². The van der Waals surface area contributed by atoms with Gasteiger partial charge in [-0.15, -0.1) is 0 Å². The Hall–Kier alpha value is -2.25. The van der Waals surface area contributed by atoms with Gasteiger partial charge in [0.05, 0.1) is 4.92 Å². The maximum absolute atomic E-state index is 11.0. The Bertz CT molecular complexity index is 663. The van der Waals surface area contributed by atoms with Gasteiger partial charge < -0.3 is 4.52 Å². The molecule has 8 heteroatoms. The molecule has 0 aliphatic heterocycles. The van der Waals surface area contributed by atoms with Crippen molar-refractivity contribution in [3.8, 4) is 11.6 Å². The molecule has 0 amide bonds. The summed E-state index contributed by atoms with van der Waals surface area (Å²) in [5, 5.41) is 19.1. The van der Waals surface area contributed by atoms with Crippen molar-refractivity contribution in [2.24, 2.45) is 13.0 Å². The molecule has 21 heavy (non-hydrogen) atoms. The van der Waals surface area contributed by atoms with E-state index in [4.69, 9.17) is 4.52 Å². The molecule has 2 aromatic rings. The third kappa shape index (κ3) is 2.65. The van der Waals surface area contributed by atoms with Crippen LogP contribution in [0.4, 0.5) is 5.69 Å². The summed E-state index contributed by atoms with van der Waals surface area (Å²) in [6.45, 7) is 2.22. The molecule has 8 nitrogen and oxygen atoms in total. The Kier molecular flexibility index (Phi) is 3.44. The van der Waals surface area contributed by atoms with E-state index in [1.807, 2.05) is 0 Å². The monoisotopic (exact) mass is 291 g/mol. The van der Waals surface area contributed by atoms with Crippen LogP contribution in [0.5, 0.6) is 0 Å². The van der Waals surface area contributed by atoms with Gasteiger partial charge in [0.2, 0.25) is 5.69 Å². The first-order chi connectivity index (χ1) is 10.0.